The standard InChI is InChI=1S/C13H17NO/c1-8-9(2)11(4)13(7-15)12(5-6-14)10(8)3/h15H,5,7H2,1-4H3. The Morgan fingerprint density at radius 3 is 1.80 bits per heavy atom. The monoisotopic (exact) mass is 203 g/mol. The van der Waals surface area contributed by atoms with Crippen LogP contribution in [0.4, 0.5) is 0 Å². The number of benzene rings is 1. The molecule has 0 saturated carbocycles. The molecule has 2 heteroatoms. The van der Waals surface area contributed by atoms with Gasteiger partial charge in [-0.05, 0) is 61.1 Å². The van der Waals surface area contributed by atoms with Crippen molar-refractivity contribution in [1.29, 1.82) is 5.26 Å². The molecule has 0 bridgehead atoms. The van der Waals surface area contributed by atoms with Crippen molar-refractivity contribution in [2.75, 3.05) is 0 Å². The third-order valence-corrected chi connectivity index (χ3v) is 3.37. The van der Waals surface area contributed by atoms with E-state index in [1.54, 1.807) is 0 Å². The Labute approximate surface area is 91.2 Å². The summed E-state index contributed by atoms with van der Waals surface area (Å²) < 4.78 is 0. The topological polar surface area (TPSA) is 44.0 Å². The molecule has 1 N–H and O–H groups in total. The first-order chi connectivity index (χ1) is 7.04. The van der Waals surface area contributed by atoms with Crippen molar-refractivity contribution in [3.8, 4) is 6.07 Å². The lowest BCUT2D eigenvalue weighted by Gasteiger charge is -2.17. The minimum Gasteiger partial charge on any atom is -0.392 e. The van der Waals surface area contributed by atoms with Crippen molar-refractivity contribution in [2.24, 2.45) is 0 Å². The molecule has 1 aromatic rings. The highest BCUT2D eigenvalue weighted by molar-refractivity contribution is 5.50. The van der Waals surface area contributed by atoms with Crippen LogP contribution in [0, 0.1) is 39.0 Å². The largest absolute Gasteiger partial charge is 0.392 e. The molecule has 1 rings (SSSR count). The highest BCUT2D eigenvalue weighted by Gasteiger charge is 2.13. The van der Waals surface area contributed by atoms with Crippen LogP contribution in [0.5, 0.6) is 0 Å². The minimum atomic E-state index is 0.0187. The summed E-state index contributed by atoms with van der Waals surface area (Å²) in [4.78, 5) is 0. The maximum atomic E-state index is 9.36. The predicted octanol–water partition coefficient (Wildman–Crippen LogP) is 2.48. The number of aliphatic hydroxyl groups excluding tert-OH is 1. The van der Waals surface area contributed by atoms with Gasteiger partial charge in [0.15, 0.2) is 0 Å². The van der Waals surface area contributed by atoms with Crippen molar-refractivity contribution < 1.29 is 5.11 Å². The first kappa shape index (κ1) is 11.7. The Kier molecular flexibility index (Phi) is 3.49. The zero-order chi connectivity index (χ0) is 11.6. The van der Waals surface area contributed by atoms with Gasteiger partial charge in [0.2, 0.25) is 0 Å². The molecular weight excluding hydrogens is 186 g/mol. The van der Waals surface area contributed by atoms with Crippen LogP contribution < -0.4 is 0 Å². The van der Waals surface area contributed by atoms with Crippen LogP contribution in [0.3, 0.4) is 0 Å². The number of nitrogens with zero attached hydrogens (tertiary/aromatic N) is 1. The highest BCUT2D eigenvalue weighted by atomic mass is 16.3. The quantitative estimate of drug-likeness (QED) is 0.802. The zero-order valence-corrected chi connectivity index (χ0v) is 9.81. The third-order valence-electron chi connectivity index (χ3n) is 3.37. The number of hydrogen-bond donors (Lipinski definition) is 1. The fourth-order valence-corrected chi connectivity index (χ4v) is 2.00. The summed E-state index contributed by atoms with van der Waals surface area (Å²) in [5.41, 5.74) is 6.64. The van der Waals surface area contributed by atoms with Crippen LogP contribution in [0.25, 0.3) is 0 Å². The van der Waals surface area contributed by atoms with E-state index in [-0.39, 0.29) is 6.61 Å². The zero-order valence-electron chi connectivity index (χ0n) is 9.81. The van der Waals surface area contributed by atoms with Crippen molar-refractivity contribution >= 4 is 0 Å². The van der Waals surface area contributed by atoms with Crippen molar-refractivity contribution in [3.05, 3.63) is 33.4 Å². The second kappa shape index (κ2) is 4.46. The minimum absolute atomic E-state index is 0.0187. The summed E-state index contributed by atoms with van der Waals surface area (Å²) in [6, 6.07) is 2.16. The van der Waals surface area contributed by atoms with E-state index in [9.17, 15) is 5.11 Å². The second-order valence-corrected chi connectivity index (χ2v) is 3.95. The Hall–Kier alpha value is -1.33. The summed E-state index contributed by atoms with van der Waals surface area (Å²) in [6.07, 6.45) is 0.379. The van der Waals surface area contributed by atoms with Crippen LogP contribution in [0.15, 0.2) is 0 Å². The summed E-state index contributed by atoms with van der Waals surface area (Å²) in [6.45, 7) is 8.18. The van der Waals surface area contributed by atoms with E-state index in [2.05, 4.69) is 19.9 Å². The maximum absolute atomic E-state index is 9.36. The summed E-state index contributed by atoms with van der Waals surface area (Å²) >= 11 is 0. The van der Waals surface area contributed by atoms with E-state index in [1.807, 2.05) is 13.8 Å². The fraction of sp³-hybridized carbons (Fsp3) is 0.462. The van der Waals surface area contributed by atoms with Crippen LogP contribution in [-0.2, 0) is 13.0 Å². The van der Waals surface area contributed by atoms with Gasteiger partial charge < -0.3 is 5.11 Å². The molecule has 0 atom stereocenters. The SMILES string of the molecule is Cc1c(C)c(C)c(CC#N)c(CO)c1C. The van der Waals surface area contributed by atoms with E-state index in [0.717, 1.165) is 22.3 Å². The van der Waals surface area contributed by atoms with Crippen molar-refractivity contribution in [3.63, 3.8) is 0 Å². The molecule has 0 unspecified atom stereocenters. The van der Waals surface area contributed by atoms with E-state index < -0.39 is 0 Å². The van der Waals surface area contributed by atoms with Gasteiger partial charge in [-0.3, -0.25) is 0 Å². The van der Waals surface area contributed by atoms with Crippen molar-refractivity contribution in [2.45, 2.75) is 40.7 Å². The van der Waals surface area contributed by atoms with Gasteiger partial charge in [-0.2, -0.15) is 5.26 Å². The van der Waals surface area contributed by atoms with Gasteiger partial charge in [-0.1, -0.05) is 0 Å². The van der Waals surface area contributed by atoms with Gasteiger partial charge in [0.1, 0.15) is 0 Å². The van der Waals surface area contributed by atoms with E-state index in [1.165, 1.54) is 11.1 Å². The average Bonchev–Trinajstić information content (AvgIpc) is 2.24. The molecule has 80 valence electrons. The summed E-state index contributed by atoms with van der Waals surface area (Å²) in [7, 11) is 0. The molecule has 0 amide bonds. The molecule has 2 nitrogen and oxygen atoms in total. The van der Waals surface area contributed by atoms with Crippen LogP contribution >= 0.6 is 0 Å². The molecule has 0 aliphatic rings. The average molecular weight is 203 g/mol. The molecule has 1 aromatic carbocycles. The highest BCUT2D eigenvalue weighted by Crippen LogP contribution is 2.26. The van der Waals surface area contributed by atoms with Crippen LogP contribution in [0.1, 0.15) is 33.4 Å². The maximum Gasteiger partial charge on any atom is 0.0687 e. The van der Waals surface area contributed by atoms with Crippen LogP contribution in [0.2, 0.25) is 0 Å². The smallest absolute Gasteiger partial charge is 0.0687 e. The fourth-order valence-electron chi connectivity index (χ4n) is 2.00. The molecule has 0 fully saturated rings. The molecule has 15 heavy (non-hydrogen) atoms. The molecule has 0 aromatic heterocycles. The van der Waals surface area contributed by atoms with Gasteiger partial charge >= 0.3 is 0 Å². The first-order valence-corrected chi connectivity index (χ1v) is 5.10. The summed E-state index contributed by atoms with van der Waals surface area (Å²) in [5.74, 6) is 0. The lowest BCUT2D eigenvalue weighted by molar-refractivity contribution is 0.280. The van der Waals surface area contributed by atoms with E-state index in [0.29, 0.717) is 6.42 Å². The van der Waals surface area contributed by atoms with Gasteiger partial charge in [-0.25, -0.2) is 0 Å². The van der Waals surface area contributed by atoms with Crippen molar-refractivity contribution in [1.82, 2.24) is 0 Å². The molecular formula is C13H17NO. The van der Waals surface area contributed by atoms with Gasteiger partial charge in [0, 0.05) is 0 Å². The third kappa shape index (κ3) is 1.88. The van der Waals surface area contributed by atoms with Gasteiger partial charge in [0.05, 0.1) is 19.1 Å². The molecule has 0 radical (unpaired) electrons. The summed E-state index contributed by atoms with van der Waals surface area (Å²) in [5, 5.41) is 18.1. The molecule has 0 heterocycles. The number of hydrogen-bond acceptors (Lipinski definition) is 2. The number of nitriles is 1. The van der Waals surface area contributed by atoms with E-state index in [4.69, 9.17) is 5.26 Å². The first-order valence-electron chi connectivity index (χ1n) is 5.10. The molecule has 0 aliphatic carbocycles. The Balaban J connectivity index is 3.56. The second-order valence-electron chi connectivity index (χ2n) is 3.95. The molecule has 0 spiro atoms. The van der Waals surface area contributed by atoms with Gasteiger partial charge in [-0.15, -0.1) is 0 Å². The Morgan fingerprint density at radius 1 is 0.933 bits per heavy atom. The van der Waals surface area contributed by atoms with Crippen LogP contribution in [-0.4, -0.2) is 5.11 Å². The van der Waals surface area contributed by atoms with Gasteiger partial charge in [0.25, 0.3) is 0 Å². The normalized spacial score (nSPS) is 10.1. The van der Waals surface area contributed by atoms with E-state index >= 15 is 0 Å². The lowest BCUT2D eigenvalue weighted by Crippen LogP contribution is -2.05. The Bertz CT molecular complexity index is 427. The Morgan fingerprint density at radius 2 is 1.40 bits per heavy atom. The molecule has 0 saturated heterocycles. The molecule has 0 aliphatic heterocycles. The predicted molar refractivity (Wildman–Crippen MR) is 60.6 cm³/mol. The number of rotatable bonds is 2. The number of aliphatic hydroxyl groups is 1. The lowest BCUT2D eigenvalue weighted by atomic mass is 9.88.